The fraction of sp³-hybridized carbons (Fsp3) is 0.706. The first-order valence-electron chi connectivity index (χ1n) is 8.00. The van der Waals surface area contributed by atoms with E-state index in [9.17, 15) is 0 Å². The minimum atomic E-state index is 0.118. The molecule has 1 unspecified atom stereocenters. The summed E-state index contributed by atoms with van der Waals surface area (Å²) in [6.07, 6.45) is 2.04. The summed E-state index contributed by atoms with van der Waals surface area (Å²) >= 11 is 0. The van der Waals surface area contributed by atoms with Crippen molar-refractivity contribution in [2.24, 2.45) is 0 Å². The van der Waals surface area contributed by atoms with Crippen LogP contribution < -0.4 is 4.90 Å². The zero-order valence-corrected chi connectivity index (χ0v) is 13.7. The molecule has 1 aromatic rings. The number of anilines is 1. The molecule has 0 aromatic carbocycles. The van der Waals surface area contributed by atoms with E-state index in [-0.39, 0.29) is 5.41 Å². The van der Waals surface area contributed by atoms with Crippen LogP contribution in [0.15, 0.2) is 18.3 Å². The Bertz CT molecular complexity index is 476. The first kappa shape index (κ1) is 14.8. The van der Waals surface area contributed by atoms with Crippen LogP contribution in [0.4, 0.5) is 5.69 Å². The largest absolute Gasteiger partial charge is 0.378 e. The predicted octanol–water partition coefficient (Wildman–Crippen LogP) is 2.29. The fourth-order valence-corrected chi connectivity index (χ4v) is 3.13. The zero-order valence-electron chi connectivity index (χ0n) is 13.7. The van der Waals surface area contributed by atoms with E-state index >= 15 is 0 Å². The molecule has 2 saturated heterocycles. The molecule has 0 radical (unpaired) electrons. The molecule has 0 bridgehead atoms. The van der Waals surface area contributed by atoms with Crippen LogP contribution in [-0.2, 0) is 10.2 Å². The molecule has 116 valence electrons. The minimum Gasteiger partial charge on any atom is -0.378 e. The van der Waals surface area contributed by atoms with E-state index in [1.807, 2.05) is 6.20 Å². The van der Waals surface area contributed by atoms with Crippen molar-refractivity contribution in [1.82, 2.24) is 9.88 Å². The molecule has 2 aliphatic heterocycles. The van der Waals surface area contributed by atoms with Gasteiger partial charge in [0.25, 0.3) is 0 Å². The molecule has 3 rings (SSSR count). The van der Waals surface area contributed by atoms with Gasteiger partial charge in [-0.1, -0.05) is 20.8 Å². The highest BCUT2D eigenvalue weighted by molar-refractivity contribution is 5.46. The molecule has 0 spiro atoms. The van der Waals surface area contributed by atoms with Crippen LogP contribution in [0.25, 0.3) is 0 Å². The van der Waals surface area contributed by atoms with Crippen molar-refractivity contribution < 1.29 is 4.74 Å². The number of ether oxygens (including phenoxy) is 1. The molecule has 1 aromatic heterocycles. The van der Waals surface area contributed by atoms with Crippen LogP contribution in [0.1, 0.15) is 33.4 Å². The van der Waals surface area contributed by atoms with Gasteiger partial charge in [0.2, 0.25) is 0 Å². The SMILES string of the molecule is CC1CN(C2COC2)CCN1c1ccc(C(C)(C)C)nc1. The maximum atomic E-state index is 5.31. The quantitative estimate of drug-likeness (QED) is 0.835. The van der Waals surface area contributed by atoms with E-state index in [4.69, 9.17) is 4.74 Å². The summed E-state index contributed by atoms with van der Waals surface area (Å²) in [5.41, 5.74) is 2.52. The molecule has 2 aliphatic rings. The summed E-state index contributed by atoms with van der Waals surface area (Å²) in [4.78, 5) is 9.72. The van der Waals surface area contributed by atoms with Crippen LogP contribution in [0.3, 0.4) is 0 Å². The van der Waals surface area contributed by atoms with Gasteiger partial charge in [-0.3, -0.25) is 9.88 Å². The number of hydrogen-bond acceptors (Lipinski definition) is 4. The van der Waals surface area contributed by atoms with E-state index in [0.29, 0.717) is 12.1 Å². The lowest BCUT2D eigenvalue weighted by molar-refractivity contribution is -0.0691. The second kappa shape index (κ2) is 5.58. The average molecular weight is 289 g/mol. The van der Waals surface area contributed by atoms with Gasteiger partial charge in [-0.05, 0) is 19.1 Å². The van der Waals surface area contributed by atoms with Gasteiger partial charge in [-0.2, -0.15) is 0 Å². The van der Waals surface area contributed by atoms with Crippen molar-refractivity contribution in [1.29, 1.82) is 0 Å². The molecule has 4 heteroatoms. The molecular formula is C17H27N3O. The van der Waals surface area contributed by atoms with Gasteiger partial charge < -0.3 is 9.64 Å². The topological polar surface area (TPSA) is 28.6 Å². The minimum absolute atomic E-state index is 0.118. The van der Waals surface area contributed by atoms with Crippen molar-refractivity contribution in [2.75, 3.05) is 37.7 Å². The molecule has 0 aliphatic carbocycles. The third kappa shape index (κ3) is 3.06. The van der Waals surface area contributed by atoms with Crippen molar-refractivity contribution >= 4 is 5.69 Å². The average Bonchev–Trinajstić information content (AvgIpc) is 2.36. The van der Waals surface area contributed by atoms with Gasteiger partial charge in [-0.25, -0.2) is 0 Å². The zero-order chi connectivity index (χ0) is 15.0. The number of pyridine rings is 1. The Kier molecular flexibility index (Phi) is 3.93. The Labute approximate surface area is 128 Å². The second-order valence-electron chi connectivity index (χ2n) is 7.38. The number of nitrogens with zero attached hydrogens (tertiary/aromatic N) is 3. The van der Waals surface area contributed by atoms with Gasteiger partial charge in [0.05, 0.1) is 31.1 Å². The summed E-state index contributed by atoms with van der Waals surface area (Å²) < 4.78 is 5.31. The Hall–Kier alpha value is -1.13. The molecule has 21 heavy (non-hydrogen) atoms. The summed E-state index contributed by atoms with van der Waals surface area (Å²) in [5, 5.41) is 0. The molecule has 4 nitrogen and oxygen atoms in total. The fourth-order valence-electron chi connectivity index (χ4n) is 3.13. The summed E-state index contributed by atoms with van der Waals surface area (Å²) in [6.45, 7) is 14.1. The Balaban J connectivity index is 1.67. The van der Waals surface area contributed by atoms with Gasteiger partial charge >= 0.3 is 0 Å². The Morgan fingerprint density at radius 1 is 1.19 bits per heavy atom. The van der Waals surface area contributed by atoms with E-state index in [2.05, 4.69) is 54.6 Å². The lowest BCUT2D eigenvalue weighted by Gasteiger charge is -2.46. The van der Waals surface area contributed by atoms with E-state index in [0.717, 1.165) is 38.5 Å². The monoisotopic (exact) mass is 289 g/mol. The Morgan fingerprint density at radius 2 is 1.95 bits per heavy atom. The van der Waals surface area contributed by atoms with Crippen LogP contribution >= 0.6 is 0 Å². The first-order valence-corrected chi connectivity index (χ1v) is 8.00. The highest BCUT2D eigenvalue weighted by Crippen LogP contribution is 2.25. The summed E-state index contributed by atoms with van der Waals surface area (Å²) in [7, 11) is 0. The van der Waals surface area contributed by atoms with Crippen molar-refractivity contribution in [3.8, 4) is 0 Å². The lowest BCUT2D eigenvalue weighted by atomic mass is 9.91. The van der Waals surface area contributed by atoms with E-state index in [1.54, 1.807) is 0 Å². The summed E-state index contributed by atoms with van der Waals surface area (Å²) in [5.74, 6) is 0. The smallest absolute Gasteiger partial charge is 0.0645 e. The Morgan fingerprint density at radius 3 is 2.43 bits per heavy atom. The van der Waals surface area contributed by atoms with E-state index < -0.39 is 0 Å². The van der Waals surface area contributed by atoms with E-state index in [1.165, 1.54) is 5.69 Å². The normalized spacial score (nSPS) is 25.0. The molecule has 2 fully saturated rings. The molecule has 1 atom stereocenters. The molecule has 0 N–H and O–H groups in total. The number of aromatic nitrogens is 1. The molecule has 0 saturated carbocycles. The third-order valence-corrected chi connectivity index (χ3v) is 4.64. The first-order chi connectivity index (χ1) is 9.95. The summed E-state index contributed by atoms with van der Waals surface area (Å²) in [6, 6.07) is 5.58. The highest BCUT2D eigenvalue weighted by Gasteiger charge is 2.32. The second-order valence-corrected chi connectivity index (χ2v) is 7.38. The van der Waals surface area contributed by atoms with Gasteiger partial charge in [-0.15, -0.1) is 0 Å². The van der Waals surface area contributed by atoms with Gasteiger partial charge in [0.1, 0.15) is 0 Å². The van der Waals surface area contributed by atoms with Crippen LogP contribution in [-0.4, -0.2) is 54.8 Å². The van der Waals surface area contributed by atoms with Crippen molar-refractivity contribution in [3.05, 3.63) is 24.0 Å². The van der Waals surface area contributed by atoms with Crippen LogP contribution in [0, 0.1) is 0 Å². The number of rotatable bonds is 2. The lowest BCUT2D eigenvalue weighted by Crippen LogP contribution is -2.59. The van der Waals surface area contributed by atoms with Crippen molar-refractivity contribution in [3.63, 3.8) is 0 Å². The third-order valence-electron chi connectivity index (χ3n) is 4.64. The van der Waals surface area contributed by atoms with Crippen molar-refractivity contribution in [2.45, 2.75) is 45.2 Å². The van der Waals surface area contributed by atoms with Crippen LogP contribution in [0.2, 0.25) is 0 Å². The van der Waals surface area contributed by atoms with Gasteiger partial charge in [0, 0.05) is 36.8 Å². The molecule has 0 amide bonds. The maximum Gasteiger partial charge on any atom is 0.0645 e. The number of piperazine rings is 1. The predicted molar refractivity (Wildman–Crippen MR) is 85.9 cm³/mol. The van der Waals surface area contributed by atoms with Crippen LogP contribution in [0.5, 0.6) is 0 Å². The number of hydrogen-bond donors (Lipinski definition) is 0. The molecular weight excluding hydrogens is 262 g/mol. The maximum absolute atomic E-state index is 5.31. The molecule has 3 heterocycles. The highest BCUT2D eigenvalue weighted by atomic mass is 16.5. The standard InChI is InChI=1S/C17H27N3O/c1-13-10-19(15-11-21-12-15)7-8-20(13)14-5-6-16(18-9-14)17(2,3)4/h5-6,9,13,15H,7-8,10-12H2,1-4H3. The van der Waals surface area contributed by atoms with Gasteiger partial charge in [0.15, 0.2) is 0 Å².